The summed E-state index contributed by atoms with van der Waals surface area (Å²) in [6.07, 6.45) is 1.83. The Labute approximate surface area is 88.7 Å². The first-order valence-corrected chi connectivity index (χ1v) is 5.08. The van der Waals surface area contributed by atoms with Gasteiger partial charge in [0.1, 0.15) is 0 Å². The molecule has 0 spiro atoms. The largest absolute Gasteiger partial charge is 0.294 e. The van der Waals surface area contributed by atoms with Gasteiger partial charge in [-0.2, -0.15) is 5.10 Å². The van der Waals surface area contributed by atoms with Crippen LogP contribution in [0.15, 0.2) is 24.4 Å². The quantitative estimate of drug-likeness (QED) is 0.701. The van der Waals surface area contributed by atoms with Crippen molar-refractivity contribution in [1.82, 2.24) is 9.61 Å². The fraction of sp³-hybridized carbons (Fsp3) is 0.333. The van der Waals surface area contributed by atoms with Crippen molar-refractivity contribution in [3.05, 3.63) is 35.7 Å². The van der Waals surface area contributed by atoms with Crippen LogP contribution >= 0.6 is 0 Å². The summed E-state index contributed by atoms with van der Waals surface area (Å²) in [4.78, 5) is 11.8. The number of ketones is 1. The van der Waals surface area contributed by atoms with Gasteiger partial charge >= 0.3 is 0 Å². The van der Waals surface area contributed by atoms with E-state index in [2.05, 4.69) is 5.10 Å². The normalized spacial score (nSPS) is 11.2. The number of nitrogens with zero attached hydrogens (tertiary/aromatic N) is 2. The molecule has 0 saturated heterocycles. The molecule has 0 unspecified atom stereocenters. The van der Waals surface area contributed by atoms with Crippen LogP contribution in [-0.4, -0.2) is 15.4 Å². The van der Waals surface area contributed by atoms with E-state index in [1.165, 1.54) is 0 Å². The van der Waals surface area contributed by atoms with Crippen LogP contribution in [0.4, 0.5) is 0 Å². The molecular formula is C12H14N2O. The van der Waals surface area contributed by atoms with Crippen LogP contribution in [0, 0.1) is 12.8 Å². The zero-order valence-corrected chi connectivity index (χ0v) is 9.19. The third-order valence-corrected chi connectivity index (χ3v) is 2.39. The topological polar surface area (TPSA) is 34.4 Å². The van der Waals surface area contributed by atoms with Crippen molar-refractivity contribution >= 4 is 11.3 Å². The van der Waals surface area contributed by atoms with Crippen molar-refractivity contribution in [2.24, 2.45) is 5.92 Å². The smallest absolute Gasteiger partial charge is 0.165 e. The molecule has 2 aromatic heterocycles. The Balaban J connectivity index is 2.51. The lowest BCUT2D eigenvalue weighted by molar-refractivity contribution is 0.0939. The Morgan fingerprint density at radius 1 is 1.40 bits per heavy atom. The fourth-order valence-corrected chi connectivity index (χ4v) is 1.61. The van der Waals surface area contributed by atoms with E-state index in [0.29, 0.717) is 0 Å². The number of pyridine rings is 1. The molecule has 0 aliphatic rings. The van der Waals surface area contributed by atoms with E-state index in [1.807, 2.05) is 45.2 Å². The summed E-state index contributed by atoms with van der Waals surface area (Å²) in [5, 5.41) is 4.26. The lowest BCUT2D eigenvalue weighted by atomic mass is 10.0. The standard InChI is InChI=1S/C12H14N2O/c1-8(2)12(15)10-4-5-14-11(7-10)6-9(3)13-14/h4-8H,1-3H3. The number of carbonyl (C=O) groups excluding carboxylic acids is 1. The number of fused-ring (bicyclic) bond motifs is 1. The van der Waals surface area contributed by atoms with E-state index in [-0.39, 0.29) is 11.7 Å². The molecule has 3 nitrogen and oxygen atoms in total. The minimum absolute atomic E-state index is 0.0384. The van der Waals surface area contributed by atoms with Gasteiger partial charge in [-0.05, 0) is 25.1 Å². The molecule has 0 saturated carbocycles. The van der Waals surface area contributed by atoms with Crippen LogP contribution in [-0.2, 0) is 0 Å². The molecule has 0 aliphatic carbocycles. The lowest BCUT2D eigenvalue weighted by Crippen LogP contribution is -2.07. The Morgan fingerprint density at radius 2 is 2.13 bits per heavy atom. The number of aryl methyl sites for hydroxylation is 1. The second-order valence-corrected chi connectivity index (χ2v) is 4.09. The van der Waals surface area contributed by atoms with Crippen LogP contribution in [0.2, 0.25) is 0 Å². The van der Waals surface area contributed by atoms with Crippen molar-refractivity contribution in [3.63, 3.8) is 0 Å². The van der Waals surface area contributed by atoms with Gasteiger partial charge in [-0.1, -0.05) is 13.8 Å². The first kappa shape index (κ1) is 9.90. The van der Waals surface area contributed by atoms with E-state index in [0.717, 1.165) is 16.8 Å². The molecule has 3 heteroatoms. The molecular weight excluding hydrogens is 188 g/mol. The second-order valence-electron chi connectivity index (χ2n) is 4.09. The molecule has 0 fully saturated rings. The number of hydrogen-bond donors (Lipinski definition) is 0. The van der Waals surface area contributed by atoms with Gasteiger partial charge in [0.25, 0.3) is 0 Å². The average molecular weight is 202 g/mol. The van der Waals surface area contributed by atoms with Crippen molar-refractivity contribution in [3.8, 4) is 0 Å². The van der Waals surface area contributed by atoms with Crippen LogP contribution in [0.5, 0.6) is 0 Å². The predicted molar refractivity (Wildman–Crippen MR) is 59.1 cm³/mol. The summed E-state index contributed by atoms with van der Waals surface area (Å²) < 4.78 is 1.78. The van der Waals surface area contributed by atoms with Crippen molar-refractivity contribution in [1.29, 1.82) is 0 Å². The summed E-state index contributed by atoms with van der Waals surface area (Å²) in [6.45, 7) is 5.76. The summed E-state index contributed by atoms with van der Waals surface area (Å²) >= 11 is 0. The van der Waals surface area contributed by atoms with Crippen LogP contribution < -0.4 is 0 Å². The van der Waals surface area contributed by atoms with E-state index in [4.69, 9.17) is 0 Å². The summed E-state index contributed by atoms with van der Waals surface area (Å²) in [7, 11) is 0. The third-order valence-electron chi connectivity index (χ3n) is 2.39. The molecule has 0 bridgehead atoms. The van der Waals surface area contributed by atoms with E-state index < -0.39 is 0 Å². The Morgan fingerprint density at radius 3 is 2.80 bits per heavy atom. The molecule has 2 heterocycles. The second kappa shape index (κ2) is 3.50. The van der Waals surface area contributed by atoms with Crippen molar-refractivity contribution in [2.75, 3.05) is 0 Å². The van der Waals surface area contributed by atoms with Gasteiger partial charge in [-0.15, -0.1) is 0 Å². The Hall–Kier alpha value is -1.64. The van der Waals surface area contributed by atoms with Gasteiger partial charge in [-0.25, -0.2) is 4.52 Å². The average Bonchev–Trinajstić information content (AvgIpc) is 2.55. The molecule has 2 aromatic rings. The van der Waals surface area contributed by atoms with Gasteiger partial charge in [0.05, 0.1) is 11.2 Å². The predicted octanol–water partition coefficient (Wildman–Crippen LogP) is 2.48. The maximum absolute atomic E-state index is 11.8. The van der Waals surface area contributed by atoms with Gasteiger partial charge in [0.15, 0.2) is 5.78 Å². The Kier molecular flexibility index (Phi) is 2.31. The highest BCUT2D eigenvalue weighted by molar-refractivity contribution is 5.98. The minimum atomic E-state index is 0.0384. The summed E-state index contributed by atoms with van der Waals surface area (Å²) in [5.41, 5.74) is 2.69. The molecule has 0 N–H and O–H groups in total. The zero-order valence-electron chi connectivity index (χ0n) is 9.19. The zero-order chi connectivity index (χ0) is 11.0. The van der Waals surface area contributed by atoms with Crippen molar-refractivity contribution in [2.45, 2.75) is 20.8 Å². The van der Waals surface area contributed by atoms with Crippen LogP contribution in [0.25, 0.3) is 5.52 Å². The van der Waals surface area contributed by atoms with Gasteiger partial charge in [-0.3, -0.25) is 4.79 Å². The maximum Gasteiger partial charge on any atom is 0.165 e. The Bertz CT molecular complexity index is 511. The molecule has 0 aliphatic heterocycles. The van der Waals surface area contributed by atoms with Crippen LogP contribution in [0.1, 0.15) is 29.9 Å². The molecule has 0 amide bonds. The highest BCUT2D eigenvalue weighted by Crippen LogP contribution is 2.12. The van der Waals surface area contributed by atoms with Gasteiger partial charge in [0, 0.05) is 17.7 Å². The van der Waals surface area contributed by atoms with Crippen molar-refractivity contribution < 1.29 is 4.79 Å². The minimum Gasteiger partial charge on any atom is -0.294 e. The molecule has 0 radical (unpaired) electrons. The number of aromatic nitrogens is 2. The maximum atomic E-state index is 11.8. The first-order valence-electron chi connectivity index (χ1n) is 5.08. The molecule has 2 rings (SSSR count). The molecule has 0 atom stereocenters. The van der Waals surface area contributed by atoms with E-state index in [1.54, 1.807) is 4.52 Å². The number of carbonyl (C=O) groups is 1. The molecule has 78 valence electrons. The highest BCUT2D eigenvalue weighted by atomic mass is 16.1. The van der Waals surface area contributed by atoms with Gasteiger partial charge < -0.3 is 0 Å². The first-order chi connectivity index (χ1) is 7.08. The SMILES string of the molecule is Cc1cc2cc(C(=O)C(C)C)ccn2n1. The summed E-state index contributed by atoms with van der Waals surface area (Å²) in [5.74, 6) is 0.216. The number of Topliss-reactive ketones (excluding diaryl/α,β-unsaturated/α-hetero) is 1. The highest BCUT2D eigenvalue weighted by Gasteiger charge is 2.11. The van der Waals surface area contributed by atoms with Gasteiger partial charge in [0.2, 0.25) is 0 Å². The molecule has 0 aromatic carbocycles. The lowest BCUT2D eigenvalue weighted by Gasteiger charge is -2.03. The summed E-state index contributed by atoms with van der Waals surface area (Å²) in [6, 6.07) is 5.68. The van der Waals surface area contributed by atoms with E-state index >= 15 is 0 Å². The number of rotatable bonds is 2. The van der Waals surface area contributed by atoms with E-state index in [9.17, 15) is 4.79 Å². The monoisotopic (exact) mass is 202 g/mol. The number of hydrogen-bond acceptors (Lipinski definition) is 2. The third kappa shape index (κ3) is 1.77. The fourth-order valence-electron chi connectivity index (χ4n) is 1.61. The molecule has 15 heavy (non-hydrogen) atoms. The van der Waals surface area contributed by atoms with Crippen LogP contribution in [0.3, 0.4) is 0 Å².